The van der Waals surface area contributed by atoms with Gasteiger partial charge in [-0.2, -0.15) is 0 Å². The van der Waals surface area contributed by atoms with Crippen LogP contribution in [-0.2, 0) is 0 Å². The van der Waals surface area contributed by atoms with Gasteiger partial charge >= 0.3 is 0 Å². The highest BCUT2D eigenvalue weighted by atomic mass is 32.1. The molecule has 0 unspecified atom stereocenters. The van der Waals surface area contributed by atoms with Crippen molar-refractivity contribution in [3.63, 3.8) is 0 Å². The molecule has 0 amide bonds. The lowest BCUT2D eigenvalue weighted by Crippen LogP contribution is -1.61. The minimum atomic E-state index is 0.852. The van der Waals surface area contributed by atoms with E-state index in [4.69, 9.17) is 6.58 Å². The van der Waals surface area contributed by atoms with Crippen molar-refractivity contribution in [2.75, 3.05) is 0 Å². The van der Waals surface area contributed by atoms with E-state index in [0.29, 0.717) is 0 Å². The molecule has 0 N–H and O–H groups in total. The number of thiazole rings is 1. The topological polar surface area (TPSA) is 12.9 Å². The van der Waals surface area contributed by atoms with Crippen LogP contribution in [0.1, 0.15) is 5.69 Å². The SMILES string of the molecule is [CH]=Cc1cscn1. The second kappa shape index (κ2) is 1.89. The van der Waals surface area contributed by atoms with E-state index >= 15 is 0 Å². The molecular weight excluding hydrogens is 106 g/mol. The van der Waals surface area contributed by atoms with Gasteiger partial charge in [-0.05, 0) is 6.08 Å². The van der Waals surface area contributed by atoms with Crippen molar-refractivity contribution in [2.45, 2.75) is 0 Å². The largest absolute Gasteiger partial charge is 0.245 e. The lowest BCUT2D eigenvalue weighted by Gasteiger charge is -1.69. The van der Waals surface area contributed by atoms with E-state index in [1.54, 1.807) is 16.8 Å². The second-order valence-corrected chi connectivity index (χ2v) is 1.80. The highest BCUT2D eigenvalue weighted by Gasteiger charge is 1.80. The summed E-state index contributed by atoms with van der Waals surface area (Å²) in [5, 5.41) is 1.89. The molecule has 0 spiro atoms. The smallest absolute Gasteiger partial charge is 0.0798 e. The van der Waals surface area contributed by atoms with Gasteiger partial charge in [0.05, 0.1) is 11.2 Å². The molecule has 0 saturated carbocycles. The van der Waals surface area contributed by atoms with Crippen molar-refractivity contribution in [3.8, 4) is 0 Å². The summed E-state index contributed by atoms with van der Waals surface area (Å²) in [7, 11) is 0. The van der Waals surface area contributed by atoms with Crippen LogP contribution in [-0.4, -0.2) is 4.98 Å². The highest BCUT2D eigenvalue weighted by Crippen LogP contribution is 1.99. The molecule has 1 rings (SSSR count). The monoisotopic (exact) mass is 110 g/mol. The summed E-state index contributed by atoms with van der Waals surface area (Å²) in [6.45, 7) is 5.11. The highest BCUT2D eigenvalue weighted by molar-refractivity contribution is 7.07. The average molecular weight is 110 g/mol. The second-order valence-electron chi connectivity index (χ2n) is 1.08. The van der Waals surface area contributed by atoms with Gasteiger partial charge in [-0.25, -0.2) is 4.98 Å². The van der Waals surface area contributed by atoms with Crippen molar-refractivity contribution in [1.82, 2.24) is 4.98 Å². The standard InChI is InChI=1S/C5H4NS/c1-2-5-3-7-4-6-5/h1-4H. The van der Waals surface area contributed by atoms with E-state index in [1.165, 1.54) is 6.08 Å². The lowest BCUT2D eigenvalue weighted by atomic mass is 10.5. The summed E-state index contributed by atoms with van der Waals surface area (Å²) in [5.41, 5.74) is 2.60. The van der Waals surface area contributed by atoms with Crippen molar-refractivity contribution in [2.24, 2.45) is 0 Å². The lowest BCUT2D eigenvalue weighted by molar-refractivity contribution is 1.39. The van der Waals surface area contributed by atoms with Gasteiger partial charge in [-0.1, -0.05) is 6.58 Å². The van der Waals surface area contributed by atoms with Crippen LogP contribution in [0.25, 0.3) is 6.08 Å². The average Bonchev–Trinajstić information content (AvgIpc) is 2.14. The van der Waals surface area contributed by atoms with Crippen LogP contribution in [0.3, 0.4) is 0 Å². The Morgan fingerprint density at radius 2 is 2.71 bits per heavy atom. The maximum atomic E-state index is 5.11. The minimum Gasteiger partial charge on any atom is -0.245 e. The van der Waals surface area contributed by atoms with Crippen LogP contribution >= 0.6 is 11.3 Å². The summed E-state index contributed by atoms with van der Waals surface area (Å²) in [6.07, 6.45) is 1.48. The fourth-order valence-electron chi connectivity index (χ4n) is 0.304. The Hall–Kier alpha value is -0.630. The molecule has 0 atom stereocenters. The minimum absolute atomic E-state index is 0.852. The first-order valence-corrected chi connectivity index (χ1v) is 2.81. The Morgan fingerprint density at radius 3 is 3.00 bits per heavy atom. The molecule has 2 heteroatoms. The molecule has 1 radical (unpaired) electrons. The zero-order chi connectivity index (χ0) is 5.11. The van der Waals surface area contributed by atoms with Gasteiger partial charge in [-0.15, -0.1) is 11.3 Å². The number of nitrogens with zero attached hydrogens (tertiary/aromatic N) is 1. The molecule has 1 nitrogen and oxygen atoms in total. The summed E-state index contributed by atoms with van der Waals surface area (Å²) >= 11 is 1.54. The first kappa shape index (κ1) is 4.53. The van der Waals surface area contributed by atoms with E-state index < -0.39 is 0 Å². The Morgan fingerprint density at radius 1 is 1.86 bits per heavy atom. The maximum Gasteiger partial charge on any atom is 0.0798 e. The molecule has 1 aromatic heterocycles. The predicted octanol–water partition coefficient (Wildman–Crippen LogP) is 1.59. The molecular formula is C5H4NS. The van der Waals surface area contributed by atoms with Crippen LogP contribution in [0.5, 0.6) is 0 Å². The van der Waals surface area contributed by atoms with Crippen LogP contribution in [0.4, 0.5) is 0 Å². The van der Waals surface area contributed by atoms with Gasteiger partial charge in [0.25, 0.3) is 0 Å². The third-order valence-electron chi connectivity index (χ3n) is 0.622. The summed E-state index contributed by atoms with van der Waals surface area (Å²) < 4.78 is 0. The Balaban J connectivity index is 2.96. The molecule has 35 valence electrons. The molecule has 0 aromatic carbocycles. The van der Waals surface area contributed by atoms with Crippen molar-refractivity contribution < 1.29 is 0 Å². The van der Waals surface area contributed by atoms with Crippen LogP contribution in [0, 0.1) is 6.58 Å². The molecule has 1 aromatic rings. The molecule has 7 heavy (non-hydrogen) atoms. The summed E-state index contributed by atoms with van der Waals surface area (Å²) in [5.74, 6) is 0. The van der Waals surface area contributed by atoms with Gasteiger partial charge < -0.3 is 0 Å². The molecule has 0 bridgehead atoms. The van der Waals surface area contributed by atoms with Crippen molar-refractivity contribution in [1.29, 1.82) is 0 Å². The molecule has 0 saturated heterocycles. The Bertz CT molecular complexity index is 143. The zero-order valence-electron chi connectivity index (χ0n) is 3.66. The van der Waals surface area contributed by atoms with Crippen LogP contribution in [0.15, 0.2) is 10.9 Å². The third kappa shape index (κ3) is 0.871. The van der Waals surface area contributed by atoms with E-state index in [1.807, 2.05) is 5.38 Å². The van der Waals surface area contributed by atoms with Gasteiger partial charge in [0.2, 0.25) is 0 Å². The number of hydrogen-bond donors (Lipinski definition) is 0. The van der Waals surface area contributed by atoms with Crippen molar-refractivity contribution in [3.05, 3.63) is 23.2 Å². The first-order chi connectivity index (χ1) is 3.43. The first-order valence-electron chi connectivity index (χ1n) is 1.86. The number of hydrogen-bond acceptors (Lipinski definition) is 2. The molecule has 1 heterocycles. The molecule has 0 fully saturated rings. The summed E-state index contributed by atoms with van der Waals surface area (Å²) in [4.78, 5) is 3.87. The van der Waals surface area contributed by atoms with Crippen LogP contribution in [0.2, 0.25) is 0 Å². The van der Waals surface area contributed by atoms with E-state index in [0.717, 1.165) is 5.69 Å². The fourth-order valence-corrected chi connectivity index (χ4v) is 0.826. The Labute approximate surface area is 46.3 Å². The van der Waals surface area contributed by atoms with Gasteiger partial charge in [-0.3, -0.25) is 0 Å². The van der Waals surface area contributed by atoms with E-state index in [9.17, 15) is 0 Å². The van der Waals surface area contributed by atoms with Gasteiger partial charge in [0.15, 0.2) is 0 Å². The summed E-state index contributed by atoms with van der Waals surface area (Å²) in [6, 6.07) is 0. The van der Waals surface area contributed by atoms with E-state index in [2.05, 4.69) is 4.98 Å². The molecule has 0 aliphatic carbocycles. The van der Waals surface area contributed by atoms with Gasteiger partial charge in [0, 0.05) is 5.38 Å². The third-order valence-corrected chi connectivity index (χ3v) is 1.23. The molecule has 0 aliphatic rings. The molecule has 0 aliphatic heterocycles. The Kier molecular flexibility index (Phi) is 1.22. The van der Waals surface area contributed by atoms with Crippen molar-refractivity contribution >= 4 is 17.4 Å². The number of rotatable bonds is 1. The predicted molar refractivity (Wildman–Crippen MR) is 30.9 cm³/mol. The zero-order valence-corrected chi connectivity index (χ0v) is 4.48. The van der Waals surface area contributed by atoms with Gasteiger partial charge in [0.1, 0.15) is 0 Å². The maximum absolute atomic E-state index is 5.11. The fraction of sp³-hybridized carbons (Fsp3) is 0. The number of aromatic nitrogens is 1. The van der Waals surface area contributed by atoms with Crippen LogP contribution < -0.4 is 0 Å². The normalized spacial score (nSPS) is 8.57. The quantitative estimate of drug-likeness (QED) is 0.535. The van der Waals surface area contributed by atoms with E-state index in [-0.39, 0.29) is 0 Å².